The van der Waals surface area contributed by atoms with Crippen molar-refractivity contribution in [1.29, 1.82) is 0 Å². The van der Waals surface area contributed by atoms with Crippen molar-refractivity contribution in [3.63, 3.8) is 0 Å². The van der Waals surface area contributed by atoms with Gasteiger partial charge >= 0.3 is 5.97 Å². The number of carbonyl (C=O) groups is 2. The van der Waals surface area contributed by atoms with Gasteiger partial charge in [0.25, 0.3) is 0 Å². The number of hydrogen-bond donors (Lipinski definition) is 1. The van der Waals surface area contributed by atoms with Crippen LogP contribution in [0.2, 0.25) is 0 Å². The fraction of sp³-hybridized carbons (Fsp3) is 0.200. The molecule has 1 N–H and O–H groups in total. The summed E-state index contributed by atoms with van der Waals surface area (Å²) in [6.45, 7) is 1.72. The summed E-state index contributed by atoms with van der Waals surface area (Å²) in [5, 5.41) is 9.52. The Balaban J connectivity index is 1.90. The molecule has 0 radical (unpaired) electrons. The van der Waals surface area contributed by atoms with Crippen LogP contribution in [-0.4, -0.2) is 30.6 Å². The first-order valence-corrected chi connectivity index (χ1v) is 7.87. The van der Waals surface area contributed by atoms with E-state index in [2.05, 4.69) is 0 Å². The van der Waals surface area contributed by atoms with Crippen LogP contribution in [0.15, 0.2) is 48.5 Å². The molecule has 0 saturated heterocycles. The number of ketones is 1. The quantitative estimate of drug-likeness (QED) is 0.475. The van der Waals surface area contributed by atoms with E-state index in [4.69, 9.17) is 9.47 Å². The Bertz CT molecular complexity index is 775. The van der Waals surface area contributed by atoms with E-state index in [9.17, 15) is 14.7 Å². The second kappa shape index (κ2) is 8.68. The molecule has 130 valence electrons. The van der Waals surface area contributed by atoms with E-state index in [-0.39, 0.29) is 18.1 Å². The first-order valence-electron chi connectivity index (χ1n) is 7.87. The third-order valence-electron chi connectivity index (χ3n) is 3.65. The van der Waals surface area contributed by atoms with Crippen molar-refractivity contribution in [3.8, 4) is 11.5 Å². The predicted molar refractivity (Wildman–Crippen MR) is 94.8 cm³/mol. The first kappa shape index (κ1) is 18.3. The van der Waals surface area contributed by atoms with Gasteiger partial charge in [0.05, 0.1) is 7.11 Å². The molecule has 0 aromatic heterocycles. The minimum atomic E-state index is -0.620. The van der Waals surface area contributed by atoms with Crippen molar-refractivity contribution in [2.45, 2.75) is 13.3 Å². The Morgan fingerprint density at radius 2 is 1.84 bits per heavy atom. The fourth-order valence-corrected chi connectivity index (χ4v) is 2.16. The van der Waals surface area contributed by atoms with Gasteiger partial charge in [-0.05, 0) is 35.8 Å². The highest BCUT2D eigenvalue weighted by atomic mass is 16.5. The lowest BCUT2D eigenvalue weighted by molar-refractivity contribution is -0.136. The molecule has 0 unspecified atom stereocenters. The van der Waals surface area contributed by atoms with E-state index in [1.807, 2.05) is 19.1 Å². The van der Waals surface area contributed by atoms with Crippen LogP contribution < -0.4 is 4.74 Å². The number of rotatable bonds is 7. The van der Waals surface area contributed by atoms with Gasteiger partial charge in [-0.2, -0.15) is 0 Å². The maximum Gasteiger partial charge on any atom is 0.331 e. The molecule has 2 aromatic rings. The Morgan fingerprint density at radius 3 is 2.48 bits per heavy atom. The van der Waals surface area contributed by atoms with Gasteiger partial charge in [-0.15, -0.1) is 0 Å². The summed E-state index contributed by atoms with van der Waals surface area (Å²) in [5.74, 6) is -0.551. The second-order valence-corrected chi connectivity index (χ2v) is 5.35. The standard InChI is InChI=1S/C20H20O5/c1-3-14-4-8-16(9-5-14)18(22)13-25-20(23)11-7-15-6-10-17(21)19(12-15)24-2/h4-12,21H,3,13H2,1-2H3/b11-7+. The van der Waals surface area contributed by atoms with E-state index in [0.29, 0.717) is 16.9 Å². The molecular weight excluding hydrogens is 320 g/mol. The van der Waals surface area contributed by atoms with Gasteiger partial charge in [-0.1, -0.05) is 37.3 Å². The number of hydrogen-bond acceptors (Lipinski definition) is 5. The Kier molecular flexibility index (Phi) is 6.34. The summed E-state index contributed by atoms with van der Waals surface area (Å²) in [7, 11) is 1.44. The third kappa shape index (κ3) is 5.21. The van der Waals surface area contributed by atoms with E-state index >= 15 is 0 Å². The molecule has 0 aliphatic rings. The third-order valence-corrected chi connectivity index (χ3v) is 3.65. The van der Waals surface area contributed by atoms with Crippen molar-refractivity contribution < 1.29 is 24.2 Å². The largest absolute Gasteiger partial charge is 0.504 e. The molecular formula is C20H20O5. The number of aromatic hydroxyl groups is 1. The summed E-state index contributed by atoms with van der Waals surface area (Å²) in [5.41, 5.74) is 2.31. The van der Waals surface area contributed by atoms with Gasteiger partial charge in [0, 0.05) is 11.6 Å². The lowest BCUT2D eigenvalue weighted by Gasteiger charge is -2.04. The highest BCUT2D eigenvalue weighted by molar-refractivity contribution is 5.98. The molecule has 0 fully saturated rings. The molecule has 2 rings (SSSR count). The number of aryl methyl sites for hydroxylation is 1. The molecule has 0 bridgehead atoms. The number of carbonyl (C=O) groups excluding carboxylic acids is 2. The second-order valence-electron chi connectivity index (χ2n) is 5.35. The maximum absolute atomic E-state index is 12.0. The van der Waals surface area contributed by atoms with Gasteiger partial charge < -0.3 is 14.6 Å². The Labute approximate surface area is 146 Å². The monoisotopic (exact) mass is 340 g/mol. The average Bonchev–Trinajstić information content (AvgIpc) is 2.65. The zero-order valence-electron chi connectivity index (χ0n) is 14.2. The topological polar surface area (TPSA) is 72.8 Å². The van der Waals surface area contributed by atoms with Crippen LogP contribution in [-0.2, 0) is 16.0 Å². The van der Waals surface area contributed by atoms with Gasteiger partial charge in [-0.25, -0.2) is 4.79 Å². The van der Waals surface area contributed by atoms with Crippen LogP contribution in [0, 0.1) is 0 Å². The van der Waals surface area contributed by atoms with Crippen molar-refractivity contribution >= 4 is 17.8 Å². The summed E-state index contributed by atoms with van der Waals surface area (Å²) in [4.78, 5) is 23.7. The molecule has 2 aromatic carbocycles. The smallest absolute Gasteiger partial charge is 0.331 e. The van der Waals surface area contributed by atoms with E-state index in [1.54, 1.807) is 24.3 Å². The normalized spacial score (nSPS) is 10.6. The lowest BCUT2D eigenvalue weighted by atomic mass is 10.1. The zero-order valence-corrected chi connectivity index (χ0v) is 14.2. The number of Topliss-reactive ketones (excluding diaryl/α,β-unsaturated/α-hetero) is 1. The minimum absolute atomic E-state index is 0.0157. The minimum Gasteiger partial charge on any atom is -0.504 e. The first-order chi connectivity index (χ1) is 12.0. The highest BCUT2D eigenvalue weighted by Gasteiger charge is 2.08. The zero-order chi connectivity index (χ0) is 18.2. The molecule has 0 spiro atoms. The fourth-order valence-electron chi connectivity index (χ4n) is 2.16. The van der Waals surface area contributed by atoms with Crippen LogP contribution in [0.25, 0.3) is 6.08 Å². The SMILES string of the molecule is CCc1ccc(C(=O)COC(=O)/C=C/c2ccc(O)c(OC)c2)cc1. The van der Waals surface area contributed by atoms with Crippen LogP contribution >= 0.6 is 0 Å². The van der Waals surface area contributed by atoms with Crippen molar-refractivity contribution in [2.75, 3.05) is 13.7 Å². The van der Waals surface area contributed by atoms with E-state index < -0.39 is 5.97 Å². The number of esters is 1. The summed E-state index contributed by atoms with van der Waals surface area (Å²) >= 11 is 0. The van der Waals surface area contributed by atoms with Crippen LogP contribution in [0.1, 0.15) is 28.4 Å². The molecule has 0 amide bonds. The molecule has 0 aliphatic heterocycles. The number of methoxy groups -OCH3 is 1. The van der Waals surface area contributed by atoms with Crippen molar-refractivity contribution in [1.82, 2.24) is 0 Å². The molecule has 0 aliphatic carbocycles. The summed E-state index contributed by atoms with van der Waals surface area (Å²) < 4.78 is 9.95. The Hall–Kier alpha value is -3.08. The lowest BCUT2D eigenvalue weighted by Crippen LogP contribution is -2.12. The molecule has 0 atom stereocenters. The molecule has 5 heteroatoms. The van der Waals surface area contributed by atoms with Crippen LogP contribution in [0.3, 0.4) is 0 Å². The number of benzene rings is 2. The summed E-state index contributed by atoms with van der Waals surface area (Å²) in [6, 6.07) is 11.9. The van der Waals surface area contributed by atoms with E-state index in [0.717, 1.165) is 12.0 Å². The molecule has 0 saturated carbocycles. The van der Waals surface area contributed by atoms with Crippen molar-refractivity contribution in [2.24, 2.45) is 0 Å². The van der Waals surface area contributed by atoms with Crippen LogP contribution in [0.5, 0.6) is 11.5 Å². The molecule has 5 nitrogen and oxygen atoms in total. The average molecular weight is 340 g/mol. The van der Waals surface area contributed by atoms with Crippen LogP contribution in [0.4, 0.5) is 0 Å². The van der Waals surface area contributed by atoms with E-state index in [1.165, 1.54) is 25.3 Å². The maximum atomic E-state index is 12.0. The summed E-state index contributed by atoms with van der Waals surface area (Å²) in [6.07, 6.45) is 3.64. The molecule has 0 heterocycles. The number of ether oxygens (including phenoxy) is 2. The molecule has 25 heavy (non-hydrogen) atoms. The highest BCUT2D eigenvalue weighted by Crippen LogP contribution is 2.26. The number of phenolic OH excluding ortho intramolecular Hbond substituents is 1. The van der Waals surface area contributed by atoms with Crippen molar-refractivity contribution in [3.05, 3.63) is 65.2 Å². The number of phenols is 1. The van der Waals surface area contributed by atoms with Gasteiger partial charge in [-0.3, -0.25) is 4.79 Å². The van der Waals surface area contributed by atoms with Gasteiger partial charge in [0.1, 0.15) is 0 Å². The van der Waals surface area contributed by atoms with Gasteiger partial charge in [0.15, 0.2) is 23.9 Å². The van der Waals surface area contributed by atoms with Gasteiger partial charge in [0.2, 0.25) is 0 Å². The predicted octanol–water partition coefficient (Wildman–Crippen LogP) is 3.40. The Morgan fingerprint density at radius 1 is 1.12 bits per heavy atom.